The number of rotatable bonds is 4. The van der Waals surface area contributed by atoms with E-state index in [0.29, 0.717) is 0 Å². The fourth-order valence-corrected chi connectivity index (χ4v) is 11.0. The first-order valence-corrected chi connectivity index (χ1v) is 11.4. The molecule has 0 saturated carbocycles. The van der Waals surface area contributed by atoms with Crippen molar-refractivity contribution in [1.29, 1.82) is 0 Å². The molecular formula is C18H34P2. The molecule has 0 nitrogen and oxygen atoms in total. The summed E-state index contributed by atoms with van der Waals surface area (Å²) in [5, 5.41) is 3.47. The van der Waals surface area contributed by atoms with Gasteiger partial charge in [0.2, 0.25) is 0 Å². The van der Waals surface area contributed by atoms with E-state index in [1.807, 2.05) is 0 Å². The smallest absolute Gasteiger partial charge is 0.0234 e. The molecule has 1 aliphatic carbocycles. The minimum absolute atomic E-state index is 0.471. The summed E-state index contributed by atoms with van der Waals surface area (Å²) in [4.78, 5) is 0. The Morgan fingerprint density at radius 1 is 0.550 bits per heavy atom. The molecule has 2 heteroatoms. The molecule has 0 aromatic rings. The van der Waals surface area contributed by atoms with Crippen LogP contribution in [0.15, 0.2) is 24.3 Å². The third kappa shape index (κ3) is 4.29. The molecule has 0 heterocycles. The van der Waals surface area contributed by atoms with Crippen LogP contribution in [-0.2, 0) is 0 Å². The van der Waals surface area contributed by atoms with Gasteiger partial charge in [-0.25, -0.2) is 0 Å². The van der Waals surface area contributed by atoms with Crippen molar-refractivity contribution in [3.05, 3.63) is 24.3 Å². The van der Waals surface area contributed by atoms with E-state index in [9.17, 15) is 0 Å². The third-order valence-electron chi connectivity index (χ3n) is 4.04. The number of hydrogen-bond acceptors (Lipinski definition) is 0. The number of hydrogen-bond donors (Lipinski definition) is 0. The Morgan fingerprint density at radius 2 is 0.800 bits per heavy atom. The fourth-order valence-electron chi connectivity index (χ4n) is 3.56. The first kappa shape index (κ1) is 18.1. The molecule has 0 fully saturated rings. The first-order valence-electron chi connectivity index (χ1n) is 8.10. The Kier molecular flexibility index (Phi) is 7.17. The molecule has 0 radical (unpaired) electrons. The molecule has 0 saturated heterocycles. The highest BCUT2D eigenvalue weighted by Gasteiger charge is 2.19. The summed E-state index contributed by atoms with van der Waals surface area (Å²) in [7, 11) is -0.942. The highest BCUT2D eigenvalue weighted by atomic mass is 31.1. The maximum Gasteiger partial charge on any atom is -0.0234 e. The van der Waals surface area contributed by atoms with Gasteiger partial charge < -0.3 is 0 Å². The lowest BCUT2D eigenvalue weighted by Crippen LogP contribution is -2.18. The summed E-state index contributed by atoms with van der Waals surface area (Å²) >= 11 is 0. The molecule has 0 spiro atoms. The van der Waals surface area contributed by atoms with Gasteiger partial charge in [-0.15, -0.1) is 15.1 Å². The molecule has 0 aromatic heterocycles. The zero-order valence-electron chi connectivity index (χ0n) is 14.6. The van der Waals surface area contributed by atoms with Crippen molar-refractivity contribution < 1.29 is 0 Å². The zero-order chi connectivity index (χ0) is 15.4. The van der Waals surface area contributed by atoms with Gasteiger partial charge in [-0.05, 0) is 33.2 Å². The normalized spacial score (nSPS) is 16.1. The van der Waals surface area contributed by atoms with E-state index in [0.717, 1.165) is 22.6 Å². The van der Waals surface area contributed by atoms with E-state index in [2.05, 4.69) is 79.7 Å². The summed E-state index contributed by atoms with van der Waals surface area (Å²) in [5.41, 5.74) is 3.24. The lowest BCUT2D eigenvalue weighted by Gasteiger charge is -2.28. The van der Waals surface area contributed by atoms with Gasteiger partial charge in [-0.2, -0.15) is 0 Å². The molecule has 116 valence electrons. The van der Waals surface area contributed by atoms with Crippen LogP contribution < -0.4 is 0 Å². The van der Waals surface area contributed by atoms with Crippen LogP contribution in [0.4, 0.5) is 0 Å². The molecule has 20 heavy (non-hydrogen) atoms. The van der Waals surface area contributed by atoms with Gasteiger partial charge in [0, 0.05) is 0 Å². The maximum atomic E-state index is 2.44. The summed E-state index contributed by atoms with van der Waals surface area (Å²) < 4.78 is 0. The minimum atomic E-state index is -0.471. The highest BCUT2D eigenvalue weighted by molar-refractivity contribution is 7.71. The van der Waals surface area contributed by atoms with Crippen LogP contribution in [0.1, 0.15) is 55.4 Å². The van der Waals surface area contributed by atoms with E-state index in [1.165, 1.54) is 0 Å². The van der Waals surface area contributed by atoms with E-state index in [1.54, 1.807) is 10.6 Å². The van der Waals surface area contributed by atoms with Crippen LogP contribution in [0.25, 0.3) is 0 Å². The molecule has 0 N–H and O–H groups in total. The summed E-state index contributed by atoms with van der Waals surface area (Å²) in [6.45, 7) is 19.4. The van der Waals surface area contributed by atoms with Crippen LogP contribution in [0.2, 0.25) is 0 Å². The van der Waals surface area contributed by atoms with Crippen molar-refractivity contribution in [2.24, 2.45) is 0 Å². The fraction of sp³-hybridized carbons (Fsp3) is 0.667. The molecule has 0 unspecified atom stereocenters. The van der Waals surface area contributed by atoms with Gasteiger partial charge in [0.15, 0.2) is 0 Å². The van der Waals surface area contributed by atoms with Crippen LogP contribution in [-0.4, -0.2) is 33.2 Å². The van der Waals surface area contributed by atoms with E-state index in [-0.39, 0.29) is 0 Å². The van der Waals surface area contributed by atoms with Crippen LogP contribution in [0.3, 0.4) is 0 Å². The predicted octanol–water partition coefficient (Wildman–Crippen LogP) is 5.52. The number of allylic oxidation sites excluding steroid dienone is 4. The molecule has 1 aliphatic rings. The summed E-state index contributed by atoms with van der Waals surface area (Å²) in [6, 6.07) is 0. The Labute approximate surface area is 128 Å². The molecule has 0 amide bonds. The minimum Gasteiger partial charge on any atom is -0.105 e. The van der Waals surface area contributed by atoms with Crippen LogP contribution >= 0.6 is 15.1 Å². The van der Waals surface area contributed by atoms with E-state index in [4.69, 9.17) is 0 Å². The van der Waals surface area contributed by atoms with Crippen LogP contribution in [0.5, 0.6) is 0 Å². The van der Waals surface area contributed by atoms with Gasteiger partial charge in [-0.3, -0.25) is 0 Å². The summed E-state index contributed by atoms with van der Waals surface area (Å²) in [6.07, 6.45) is 9.40. The molecule has 0 bridgehead atoms. The van der Waals surface area contributed by atoms with Gasteiger partial charge in [0.1, 0.15) is 0 Å². The maximum absolute atomic E-state index is 2.44. The van der Waals surface area contributed by atoms with Crippen molar-refractivity contribution in [3.8, 4) is 0 Å². The SMILES string of the molecule is CC(C)[PH](=C1C=CC=CC1=[PH](C(C)C)C(C)C)C(C)C. The van der Waals surface area contributed by atoms with E-state index < -0.39 is 15.1 Å². The molecular weight excluding hydrogens is 278 g/mol. The molecule has 0 aromatic carbocycles. The van der Waals surface area contributed by atoms with Gasteiger partial charge in [-0.1, -0.05) is 79.7 Å². The third-order valence-corrected chi connectivity index (χ3v) is 11.4. The highest BCUT2D eigenvalue weighted by Crippen LogP contribution is 2.44. The quantitative estimate of drug-likeness (QED) is 0.600. The lowest BCUT2D eigenvalue weighted by molar-refractivity contribution is 1.03. The average Bonchev–Trinajstić information content (AvgIpc) is 2.29. The molecule has 0 aliphatic heterocycles. The monoisotopic (exact) mass is 312 g/mol. The van der Waals surface area contributed by atoms with Crippen LogP contribution in [0, 0.1) is 0 Å². The van der Waals surface area contributed by atoms with Crippen molar-refractivity contribution in [3.63, 3.8) is 0 Å². The van der Waals surface area contributed by atoms with Crippen molar-refractivity contribution >= 4 is 25.7 Å². The Balaban J connectivity index is 3.58. The largest absolute Gasteiger partial charge is 0.105 e. The van der Waals surface area contributed by atoms with Gasteiger partial charge in [0.25, 0.3) is 0 Å². The van der Waals surface area contributed by atoms with E-state index >= 15 is 0 Å². The zero-order valence-corrected chi connectivity index (χ0v) is 16.6. The van der Waals surface area contributed by atoms with Crippen molar-refractivity contribution in [1.82, 2.24) is 0 Å². The Bertz CT molecular complexity index is 394. The molecule has 0 atom stereocenters. The standard InChI is InChI=1S/C18H34P2/c1-13(2)19(14(3)4)17-11-9-10-12-18(17)20(15(5)6)16(7)8/h9-16,19-20H,1-8H3. The Hall–Kier alpha value is 0.0800. The Morgan fingerprint density at radius 3 is 1.00 bits per heavy atom. The van der Waals surface area contributed by atoms with Gasteiger partial charge in [0.05, 0.1) is 0 Å². The van der Waals surface area contributed by atoms with Crippen molar-refractivity contribution in [2.45, 2.75) is 78.0 Å². The topological polar surface area (TPSA) is 0 Å². The second kappa shape index (κ2) is 7.91. The lowest BCUT2D eigenvalue weighted by atomic mass is 10.2. The predicted molar refractivity (Wildman–Crippen MR) is 105 cm³/mol. The second-order valence-electron chi connectivity index (χ2n) is 7.08. The summed E-state index contributed by atoms with van der Waals surface area (Å²) in [5.74, 6) is 0. The molecule has 1 rings (SSSR count). The average molecular weight is 312 g/mol. The van der Waals surface area contributed by atoms with Crippen molar-refractivity contribution in [2.75, 3.05) is 0 Å². The first-order chi connectivity index (χ1) is 9.27. The second-order valence-corrected chi connectivity index (χ2v) is 14.6. The van der Waals surface area contributed by atoms with Gasteiger partial charge >= 0.3 is 0 Å².